The molecule has 2 rings (SSSR count). The standard InChI is InChI=1S/C20H28N2O4/c1-16-4-6-17(7-5-16)8-9-18(23)21-12-3-13-22(15-14-21)19(24)10-11-20(25)26-2/h4-7H,3,8-15H2,1-2H3. The molecule has 26 heavy (non-hydrogen) atoms. The maximum absolute atomic E-state index is 12.5. The SMILES string of the molecule is COC(=O)CCC(=O)N1CCCN(C(=O)CCc2ccc(C)cc2)CC1. The van der Waals surface area contributed by atoms with Crippen LogP contribution in [0, 0.1) is 6.92 Å². The van der Waals surface area contributed by atoms with E-state index in [0.717, 1.165) is 12.8 Å². The first-order valence-electron chi connectivity index (χ1n) is 9.17. The highest BCUT2D eigenvalue weighted by atomic mass is 16.5. The Morgan fingerprint density at radius 1 is 0.885 bits per heavy atom. The number of rotatable bonds is 6. The van der Waals surface area contributed by atoms with Crippen LogP contribution in [-0.4, -0.2) is 60.9 Å². The number of esters is 1. The van der Waals surface area contributed by atoms with E-state index in [-0.39, 0.29) is 30.6 Å². The van der Waals surface area contributed by atoms with Crippen LogP contribution in [0.15, 0.2) is 24.3 Å². The average Bonchev–Trinajstić information content (AvgIpc) is 2.91. The van der Waals surface area contributed by atoms with Crippen LogP contribution >= 0.6 is 0 Å². The third-order valence-electron chi connectivity index (χ3n) is 4.72. The Morgan fingerprint density at radius 2 is 1.46 bits per heavy atom. The first-order chi connectivity index (χ1) is 12.5. The van der Waals surface area contributed by atoms with Crippen LogP contribution in [0.3, 0.4) is 0 Å². The Kier molecular flexibility index (Phi) is 7.63. The number of carbonyl (C=O) groups excluding carboxylic acids is 3. The lowest BCUT2D eigenvalue weighted by molar-refractivity contribution is -0.143. The molecule has 6 heteroatoms. The van der Waals surface area contributed by atoms with Gasteiger partial charge in [0, 0.05) is 39.0 Å². The summed E-state index contributed by atoms with van der Waals surface area (Å²) in [5.41, 5.74) is 2.38. The summed E-state index contributed by atoms with van der Waals surface area (Å²) < 4.78 is 4.57. The minimum absolute atomic E-state index is 0.0515. The molecule has 0 bridgehead atoms. The highest BCUT2D eigenvalue weighted by molar-refractivity contribution is 5.81. The maximum atomic E-state index is 12.5. The van der Waals surface area contributed by atoms with E-state index in [2.05, 4.69) is 29.0 Å². The van der Waals surface area contributed by atoms with E-state index >= 15 is 0 Å². The van der Waals surface area contributed by atoms with E-state index in [1.807, 2.05) is 11.8 Å². The van der Waals surface area contributed by atoms with Crippen molar-refractivity contribution >= 4 is 17.8 Å². The molecule has 1 aromatic rings. The van der Waals surface area contributed by atoms with E-state index in [1.165, 1.54) is 18.2 Å². The molecule has 0 aliphatic carbocycles. The molecule has 142 valence electrons. The van der Waals surface area contributed by atoms with Gasteiger partial charge in [-0.05, 0) is 25.3 Å². The Labute approximate surface area is 155 Å². The van der Waals surface area contributed by atoms with Crippen molar-refractivity contribution < 1.29 is 19.1 Å². The maximum Gasteiger partial charge on any atom is 0.306 e. The van der Waals surface area contributed by atoms with Crippen molar-refractivity contribution in [2.75, 3.05) is 33.3 Å². The fraction of sp³-hybridized carbons (Fsp3) is 0.550. The van der Waals surface area contributed by atoms with E-state index in [1.54, 1.807) is 4.90 Å². The molecule has 1 fully saturated rings. The molecule has 1 saturated heterocycles. The number of benzene rings is 1. The molecule has 0 N–H and O–H groups in total. The summed E-state index contributed by atoms with van der Waals surface area (Å²) in [6, 6.07) is 8.24. The Balaban J connectivity index is 1.77. The number of methoxy groups -OCH3 is 1. The third-order valence-corrected chi connectivity index (χ3v) is 4.72. The van der Waals surface area contributed by atoms with Gasteiger partial charge in [-0.3, -0.25) is 14.4 Å². The van der Waals surface area contributed by atoms with E-state index < -0.39 is 0 Å². The van der Waals surface area contributed by atoms with Crippen LogP contribution in [0.2, 0.25) is 0 Å². The molecule has 0 saturated carbocycles. The summed E-state index contributed by atoms with van der Waals surface area (Å²) in [6.45, 7) is 4.42. The summed E-state index contributed by atoms with van der Waals surface area (Å²) in [5.74, 6) is -0.292. The van der Waals surface area contributed by atoms with Gasteiger partial charge in [-0.1, -0.05) is 29.8 Å². The topological polar surface area (TPSA) is 66.9 Å². The zero-order valence-electron chi connectivity index (χ0n) is 15.7. The van der Waals surface area contributed by atoms with Crippen LogP contribution in [-0.2, 0) is 25.5 Å². The molecule has 1 aromatic carbocycles. The number of hydrogen-bond acceptors (Lipinski definition) is 4. The average molecular weight is 360 g/mol. The van der Waals surface area contributed by atoms with Crippen molar-refractivity contribution in [2.45, 2.75) is 39.0 Å². The predicted octanol–water partition coefficient (Wildman–Crippen LogP) is 1.94. The van der Waals surface area contributed by atoms with Crippen molar-refractivity contribution in [2.24, 2.45) is 0 Å². The van der Waals surface area contributed by atoms with Crippen molar-refractivity contribution in [1.82, 2.24) is 9.80 Å². The van der Waals surface area contributed by atoms with Gasteiger partial charge in [0.05, 0.1) is 13.5 Å². The molecule has 0 aromatic heterocycles. The first kappa shape index (κ1) is 19.9. The molecule has 1 heterocycles. The quantitative estimate of drug-likeness (QED) is 0.727. The van der Waals surface area contributed by atoms with E-state index in [4.69, 9.17) is 0 Å². The number of aryl methyl sites for hydroxylation is 2. The number of ether oxygens (including phenoxy) is 1. The van der Waals surface area contributed by atoms with Gasteiger partial charge in [0.15, 0.2) is 0 Å². The van der Waals surface area contributed by atoms with Crippen LogP contribution in [0.5, 0.6) is 0 Å². The normalized spacial score (nSPS) is 14.7. The van der Waals surface area contributed by atoms with Crippen molar-refractivity contribution in [3.8, 4) is 0 Å². The molecule has 0 unspecified atom stereocenters. The number of amides is 2. The second-order valence-corrected chi connectivity index (χ2v) is 6.68. The van der Waals surface area contributed by atoms with Crippen molar-refractivity contribution in [1.29, 1.82) is 0 Å². The van der Waals surface area contributed by atoms with Gasteiger partial charge in [-0.25, -0.2) is 0 Å². The number of hydrogen-bond donors (Lipinski definition) is 0. The lowest BCUT2D eigenvalue weighted by Gasteiger charge is -2.22. The largest absolute Gasteiger partial charge is 0.469 e. The summed E-state index contributed by atoms with van der Waals surface area (Å²) in [5, 5.41) is 0. The molecular weight excluding hydrogens is 332 g/mol. The first-order valence-corrected chi connectivity index (χ1v) is 9.17. The molecule has 1 aliphatic rings. The lowest BCUT2D eigenvalue weighted by Crippen LogP contribution is -2.37. The van der Waals surface area contributed by atoms with Crippen LogP contribution in [0.25, 0.3) is 0 Å². The van der Waals surface area contributed by atoms with Crippen LogP contribution < -0.4 is 0 Å². The summed E-state index contributed by atoms with van der Waals surface area (Å²) >= 11 is 0. The van der Waals surface area contributed by atoms with Gasteiger partial charge in [0.2, 0.25) is 11.8 Å². The highest BCUT2D eigenvalue weighted by Crippen LogP contribution is 2.11. The summed E-state index contributed by atoms with van der Waals surface area (Å²) in [4.78, 5) is 39.4. The van der Waals surface area contributed by atoms with Gasteiger partial charge < -0.3 is 14.5 Å². The van der Waals surface area contributed by atoms with E-state index in [0.29, 0.717) is 32.6 Å². The zero-order chi connectivity index (χ0) is 18.9. The Bertz CT molecular complexity index is 627. The second-order valence-electron chi connectivity index (χ2n) is 6.68. The number of carbonyl (C=O) groups is 3. The molecule has 6 nitrogen and oxygen atoms in total. The summed E-state index contributed by atoms with van der Waals surface area (Å²) in [7, 11) is 1.32. The van der Waals surface area contributed by atoms with Gasteiger partial charge >= 0.3 is 5.97 Å². The minimum atomic E-state index is -0.374. The Morgan fingerprint density at radius 3 is 2.04 bits per heavy atom. The van der Waals surface area contributed by atoms with Gasteiger partial charge in [0.25, 0.3) is 0 Å². The minimum Gasteiger partial charge on any atom is -0.469 e. The lowest BCUT2D eigenvalue weighted by atomic mass is 10.1. The van der Waals surface area contributed by atoms with Gasteiger partial charge in [-0.2, -0.15) is 0 Å². The van der Waals surface area contributed by atoms with Crippen LogP contribution in [0.1, 0.15) is 36.8 Å². The molecular formula is C20H28N2O4. The predicted molar refractivity (Wildman–Crippen MR) is 98.5 cm³/mol. The summed E-state index contributed by atoms with van der Waals surface area (Å²) in [6.07, 6.45) is 2.25. The van der Waals surface area contributed by atoms with Crippen LogP contribution in [0.4, 0.5) is 0 Å². The molecule has 0 atom stereocenters. The smallest absolute Gasteiger partial charge is 0.306 e. The number of nitrogens with zero attached hydrogens (tertiary/aromatic N) is 2. The molecule has 0 spiro atoms. The third kappa shape index (κ3) is 6.17. The zero-order valence-corrected chi connectivity index (χ0v) is 15.7. The molecule has 1 aliphatic heterocycles. The highest BCUT2D eigenvalue weighted by Gasteiger charge is 2.22. The van der Waals surface area contributed by atoms with E-state index in [9.17, 15) is 14.4 Å². The molecule has 2 amide bonds. The van der Waals surface area contributed by atoms with Crippen molar-refractivity contribution in [3.63, 3.8) is 0 Å². The molecule has 0 radical (unpaired) electrons. The fourth-order valence-electron chi connectivity index (χ4n) is 3.05. The van der Waals surface area contributed by atoms with Gasteiger partial charge in [-0.15, -0.1) is 0 Å². The second kappa shape index (κ2) is 9.94. The fourth-order valence-corrected chi connectivity index (χ4v) is 3.05. The van der Waals surface area contributed by atoms with Gasteiger partial charge in [0.1, 0.15) is 0 Å². The van der Waals surface area contributed by atoms with Crippen molar-refractivity contribution in [3.05, 3.63) is 35.4 Å². The monoisotopic (exact) mass is 360 g/mol. The Hall–Kier alpha value is -2.37.